The van der Waals surface area contributed by atoms with Gasteiger partial charge in [0.05, 0.1) is 40.7 Å². The Kier molecular flexibility index (Phi) is 7.79. The smallest absolute Gasteiger partial charge is 0.250 e. The van der Waals surface area contributed by atoms with E-state index in [4.69, 9.17) is 38.4 Å². The number of ether oxygens (including phenoxy) is 2. The van der Waals surface area contributed by atoms with Gasteiger partial charge in [0.1, 0.15) is 0 Å². The summed E-state index contributed by atoms with van der Waals surface area (Å²) in [6.45, 7) is 1.20. The average molecular weight is 451 g/mol. The quantitative estimate of drug-likeness (QED) is 0.380. The molecule has 2 aromatic heterocycles. The number of aromatic nitrogens is 2. The second-order valence-electron chi connectivity index (χ2n) is 6.72. The molecule has 0 radical (unpaired) electrons. The van der Waals surface area contributed by atoms with Crippen molar-refractivity contribution in [2.45, 2.75) is 25.7 Å². The molecule has 0 spiro atoms. The van der Waals surface area contributed by atoms with Crippen LogP contribution in [0.2, 0.25) is 10.0 Å². The van der Waals surface area contributed by atoms with Crippen LogP contribution in [0.25, 0.3) is 10.9 Å². The number of unbranched alkanes of at least 4 members (excludes halogenated alkanes) is 3. The number of aromatic amines is 1. The van der Waals surface area contributed by atoms with Gasteiger partial charge >= 0.3 is 0 Å². The van der Waals surface area contributed by atoms with Crippen LogP contribution in [-0.2, 0) is 0 Å². The Bertz CT molecular complexity index is 1050. The van der Waals surface area contributed by atoms with Gasteiger partial charge in [-0.25, -0.2) is 0 Å². The van der Waals surface area contributed by atoms with Crippen molar-refractivity contribution < 1.29 is 9.47 Å². The van der Waals surface area contributed by atoms with Crippen LogP contribution in [0.3, 0.4) is 0 Å². The second kappa shape index (κ2) is 10.5. The van der Waals surface area contributed by atoms with E-state index in [0.29, 0.717) is 51.6 Å². The van der Waals surface area contributed by atoms with Gasteiger partial charge in [-0.15, -0.1) is 0 Å². The molecule has 7 nitrogen and oxygen atoms in total. The van der Waals surface area contributed by atoms with Crippen molar-refractivity contribution in [3.05, 3.63) is 51.0 Å². The topological polar surface area (TPSA) is 102 Å². The van der Waals surface area contributed by atoms with Crippen LogP contribution >= 0.6 is 23.2 Å². The number of hydrogen-bond donors (Lipinski definition) is 3. The van der Waals surface area contributed by atoms with Crippen LogP contribution in [0.4, 0.5) is 11.4 Å². The summed E-state index contributed by atoms with van der Waals surface area (Å²) in [5.41, 5.74) is 6.78. The van der Waals surface area contributed by atoms with Crippen molar-refractivity contribution in [2.24, 2.45) is 5.73 Å². The first-order valence-electron chi connectivity index (χ1n) is 9.68. The number of nitrogens with one attached hydrogen (secondary N) is 2. The molecular weight excluding hydrogens is 427 g/mol. The van der Waals surface area contributed by atoms with Gasteiger partial charge in [-0.1, -0.05) is 36.0 Å². The van der Waals surface area contributed by atoms with Crippen LogP contribution in [-0.4, -0.2) is 30.2 Å². The van der Waals surface area contributed by atoms with E-state index in [1.54, 1.807) is 13.2 Å². The Morgan fingerprint density at radius 1 is 1.13 bits per heavy atom. The van der Waals surface area contributed by atoms with Gasteiger partial charge in [0, 0.05) is 23.8 Å². The van der Waals surface area contributed by atoms with E-state index in [1.165, 1.54) is 18.5 Å². The maximum Gasteiger partial charge on any atom is 0.250 e. The maximum absolute atomic E-state index is 12.4. The zero-order valence-electron chi connectivity index (χ0n) is 16.6. The van der Waals surface area contributed by atoms with E-state index in [9.17, 15) is 4.79 Å². The number of nitrogens with two attached hydrogens (primary N) is 1. The number of rotatable bonds is 10. The van der Waals surface area contributed by atoms with Crippen LogP contribution in [0.5, 0.6) is 11.5 Å². The van der Waals surface area contributed by atoms with E-state index in [1.807, 2.05) is 6.07 Å². The molecule has 0 atom stereocenters. The lowest BCUT2D eigenvalue weighted by molar-refractivity contribution is 0.288. The zero-order chi connectivity index (χ0) is 21.5. The highest BCUT2D eigenvalue weighted by Gasteiger charge is 2.16. The first-order valence-corrected chi connectivity index (χ1v) is 10.4. The lowest BCUT2D eigenvalue weighted by atomic mass is 10.1. The Labute approximate surface area is 184 Å². The largest absolute Gasteiger partial charge is 0.493 e. The van der Waals surface area contributed by atoms with Crippen LogP contribution in [0.15, 0.2) is 35.4 Å². The van der Waals surface area contributed by atoms with Gasteiger partial charge in [0.15, 0.2) is 11.5 Å². The third-order valence-corrected chi connectivity index (χ3v) is 5.19. The highest BCUT2D eigenvalue weighted by Crippen LogP contribution is 2.39. The van der Waals surface area contributed by atoms with Crippen molar-refractivity contribution in [2.75, 3.05) is 25.6 Å². The number of methoxy groups -OCH3 is 1. The maximum atomic E-state index is 12.4. The Balaban J connectivity index is 1.96. The predicted octanol–water partition coefficient (Wildman–Crippen LogP) is 4.88. The molecule has 0 fully saturated rings. The van der Waals surface area contributed by atoms with E-state index in [-0.39, 0.29) is 5.56 Å². The molecule has 9 heteroatoms. The summed E-state index contributed by atoms with van der Waals surface area (Å²) in [5.74, 6) is 1.03. The molecule has 0 unspecified atom stereocenters. The standard InChI is InChI=1S/C21H24Cl2N4O3/c1-29-17-7-6-13-16(26-20-14(22)11-25-12-15(20)23)10-18(28)27-19(13)21(17)30-9-5-3-2-4-8-24/h6-7,10-12H,2-5,8-9,24H2,1H3,(H2,25,26,27,28). The summed E-state index contributed by atoms with van der Waals surface area (Å²) >= 11 is 12.4. The van der Waals surface area contributed by atoms with Crippen molar-refractivity contribution in [1.29, 1.82) is 0 Å². The number of nitrogens with zero attached hydrogens (tertiary/aromatic N) is 1. The fourth-order valence-electron chi connectivity index (χ4n) is 3.13. The minimum atomic E-state index is -0.299. The van der Waals surface area contributed by atoms with Gasteiger partial charge in [-0.3, -0.25) is 9.78 Å². The molecule has 0 bridgehead atoms. The highest BCUT2D eigenvalue weighted by atomic mass is 35.5. The molecule has 1 aromatic carbocycles. The molecule has 0 saturated carbocycles. The van der Waals surface area contributed by atoms with Gasteiger partial charge in [0.2, 0.25) is 0 Å². The average Bonchev–Trinajstić information content (AvgIpc) is 2.73. The fourth-order valence-corrected chi connectivity index (χ4v) is 3.59. The molecular formula is C21H24Cl2N4O3. The normalized spacial score (nSPS) is 10.9. The number of fused-ring (bicyclic) bond motifs is 1. The molecule has 160 valence electrons. The van der Waals surface area contributed by atoms with E-state index in [2.05, 4.69) is 15.3 Å². The summed E-state index contributed by atoms with van der Waals surface area (Å²) in [4.78, 5) is 19.2. The molecule has 3 aromatic rings. The number of anilines is 2. The molecule has 0 aliphatic heterocycles. The van der Waals surface area contributed by atoms with Crippen molar-refractivity contribution >= 4 is 45.5 Å². The SMILES string of the molecule is COc1ccc2c(Nc3c(Cl)cncc3Cl)cc(=O)[nH]c2c1OCCCCCCN. The van der Waals surface area contributed by atoms with Crippen molar-refractivity contribution in [1.82, 2.24) is 9.97 Å². The van der Waals surface area contributed by atoms with Crippen LogP contribution < -0.4 is 26.1 Å². The van der Waals surface area contributed by atoms with E-state index in [0.717, 1.165) is 31.1 Å². The molecule has 0 saturated heterocycles. The summed E-state index contributed by atoms with van der Waals surface area (Å²) in [6.07, 6.45) is 6.92. The number of halogens is 2. The molecule has 0 amide bonds. The van der Waals surface area contributed by atoms with Crippen LogP contribution in [0, 0.1) is 0 Å². The first kappa shape index (κ1) is 22.2. The number of pyridine rings is 2. The molecule has 2 heterocycles. The van der Waals surface area contributed by atoms with Crippen LogP contribution in [0.1, 0.15) is 25.7 Å². The number of H-pyrrole nitrogens is 1. The summed E-state index contributed by atoms with van der Waals surface area (Å²) in [6, 6.07) is 5.08. The minimum absolute atomic E-state index is 0.299. The first-order chi connectivity index (χ1) is 14.5. The summed E-state index contributed by atoms with van der Waals surface area (Å²) in [7, 11) is 1.56. The van der Waals surface area contributed by atoms with E-state index >= 15 is 0 Å². The van der Waals surface area contributed by atoms with E-state index < -0.39 is 0 Å². The van der Waals surface area contributed by atoms with Gasteiger partial charge < -0.3 is 25.5 Å². The van der Waals surface area contributed by atoms with Crippen molar-refractivity contribution in [3.63, 3.8) is 0 Å². The molecule has 3 rings (SSSR count). The number of benzene rings is 1. The van der Waals surface area contributed by atoms with Crippen molar-refractivity contribution in [3.8, 4) is 11.5 Å². The predicted molar refractivity (Wildman–Crippen MR) is 122 cm³/mol. The molecule has 0 aliphatic rings. The van der Waals surface area contributed by atoms with Gasteiger partial charge in [-0.2, -0.15) is 0 Å². The molecule has 4 N–H and O–H groups in total. The molecule has 30 heavy (non-hydrogen) atoms. The van der Waals surface area contributed by atoms with Gasteiger partial charge in [-0.05, 0) is 31.5 Å². The Morgan fingerprint density at radius 2 is 1.87 bits per heavy atom. The third kappa shape index (κ3) is 5.16. The van der Waals surface area contributed by atoms with Gasteiger partial charge in [0.25, 0.3) is 5.56 Å². The minimum Gasteiger partial charge on any atom is -0.493 e. The summed E-state index contributed by atoms with van der Waals surface area (Å²) in [5, 5.41) is 4.57. The monoisotopic (exact) mass is 450 g/mol. The zero-order valence-corrected chi connectivity index (χ0v) is 18.1. The molecule has 0 aliphatic carbocycles. The number of hydrogen-bond acceptors (Lipinski definition) is 6. The third-order valence-electron chi connectivity index (χ3n) is 4.61. The lowest BCUT2D eigenvalue weighted by Crippen LogP contribution is -2.09. The Morgan fingerprint density at radius 3 is 2.57 bits per heavy atom. The lowest BCUT2D eigenvalue weighted by Gasteiger charge is -2.16. The highest BCUT2D eigenvalue weighted by molar-refractivity contribution is 6.39. The Hall–Kier alpha value is -2.48. The summed E-state index contributed by atoms with van der Waals surface area (Å²) < 4.78 is 11.5. The fraction of sp³-hybridized carbons (Fsp3) is 0.333. The second-order valence-corrected chi connectivity index (χ2v) is 7.54.